The summed E-state index contributed by atoms with van der Waals surface area (Å²) in [6.45, 7) is 4.57. The lowest BCUT2D eigenvalue weighted by molar-refractivity contribution is -0.870. The van der Waals surface area contributed by atoms with Crippen molar-refractivity contribution in [1.29, 1.82) is 0 Å². The molecule has 0 aromatic rings. The SMILES string of the molecule is CC/C=C\C/C=C\C/C=C\C/C=C\C/C=C\C/C=C\C/C=C\C/C=C\CCCCCCCCCCCCCCCCCCC(=O)NC(COP(=O)([O-])OCC[N+](C)(C)C)C(O)/C=C/CCCCCCCCCCCCCCCCCCCCCCCCC. The minimum absolute atomic E-state index is 0.00304. The molecule has 0 heterocycles. The van der Waals surface area contributed by atoms with Crippen molar-refractivity contribution in [2.75, 3.05) is 40.9 Å². The highest BCUT2D eigenvalue weighted by Gasteiger charge is 2.23. The van der Waals surface area contributed by atoms with Gasteiger partial charge in [0.25, 0.3) is 7.82 Å². The molecule has 0 fully saturated rings. The number of nitrogens with zero attached hydrogens (tertiary/aromatic N) is 1. The zero-order chi connectivity index (χ0) is 64.1. The number of unbranched alkanes of at least 4 members (excludes halogenated alkanes) is 39. The number of allylic oxidation sites excluding steroid dienone is 17. The molecule has 1 amide bonds. The van der Waals surface area contributed by atoms with Gasteiger partial charge in [0.15, 0.2) is 0 Å². The number of hydrogen-bond acceptors (Lipinski definition) is 6. The minimum Gasteiger partial charge on any atom is -0.756 e. The van der Waals surface area contributed by atoms with Gasteiger partial charge in [0.2, 0.25) is 5.91 Å². The predicted molar refractivity (Wildman–Crippen MR) is 385 cm³/mol. The Morgan fingerprint density at radius 1 is 0.409 bits per heavy atom. The molecule has 510 valence electrons. The molecule has 0 aliphatic heterocycles. The lowest BCUT2D eigenvalue weighted by Gasteiger charge is -2.29. The molecular formula is C79H143N2O6P. The number of likely N-dealkylation sites (N-methyl/N-ethyl adjacent to an activating group) is 1. The van der Waals surface area contributed by atoms with Crippen LogP contribution < -0.4 is 10.2 Å². The van der Waals surface area contributed by atoms with Crippen LogP contribution in [0.25, 0.3) is 0 Å². The fourth-order valence-electron chi connectivity index (χ4n) is 10.8. The summed E-state index contributed by atoms with van der Waals surface area (Å²) in [5.74, 6) is -0.196. The topological polar surface area (TPSA) is 108 Å². The molecule has 0 aromatic carbocycles. The van der Waals surface area contributed by atoms with E-state index in [1.807, 2.05) is 27.2 Å². The monoisotopic (exact) mass is 1250 g/mol. The number of quaternary nitrogens is 1. The van der Waals surface area contributed by atoms with Crippen LogP contribution in [0.4, 0.5) is 0 Å². The van der Waals surface area contributed by atoms with Crippen LogP contribution in [0.5, 0.6) is 0 Å². The van der Waals surface area contributed by atoms with Gasteiger partial charge < -0.3 is 28.8 Å². The Morgan fingerprint density at radius 3 is 1.01 bits per heavy atom. The third-order valence-electron chi connectivity index (χ3n) is 16.5. The number of carbonyl (C=O) groups excluding carboxylic acids is 1. The number of nitrogens with one attached hydrogen (secondary N) is 1. The van der Waals surface area contributed by atoms with Crippen molar-refractivity contribution < 1.29 is 32.9 Å². The quantitative estimate of drug-likeness (QED) is 0.0272. The maximum Gasteiger partial charge on any atom is 0.268 e. The highest BCUT2D eigenvalue weighted by atomic mass is 31.2. The van der Waals surface area contributed by atoms with Crippen LogP contribution in [0.2, 0.25) is 0 Å². The van der Waals surface area contributed by atoms with Crippen LogP contribution in [0.3, 0.4) is 0 Å². The molecule has 0 radical (unpaired) electrons. The van der Waals surface area contributed by atoms with Crippen LogP contribution >= 0.6 is 7.82 Å². The number of rotatable bonds is 68. The number of hydrogen-bond donors (Lipinski definition) is 2. The Hall–Kier alpha value is -2.84. The van der Waals surface area contributed by atoms with Gasteiger partial charge >= 0.3 is 0 Å². The zero-order valence-electron chi connectivity index (χ0n) is 58.4. The van der Waals surface area contributed by atoms with Gasteiger partial charge in [0.05, 0.1) is 39.9 Å². The Bertz CT molecular complexity index is 1810. The molecule has 8 nitrogen and oxygen atoms in total. The summed E-state index contributed by atoms with van der Waals surface area (Å²) in [6, 6.07) is -0.893. The third kappa shape index (κ3) is 70.6. The van der Waals surface area contributed by atoms with Crippen LogP contribution in [0, 0.1) is 0 Å². The standard InChI is InChI=1S/C79H143N2O6P/c1-6-8-10-12-14-16-18-20-22-24-26-28-30-32-33-34-35-36-37-38-39-40-41-42-43-44-45-46-47-49-51-53-55-57-59-61-63-65-67-69-71-73-79(83)80-77(76-87-88(84,85)86-75-74-81(3,4)5)78(82)72-70-68-66-64-62-60-58-56-54-52-50-48-31-29-27-25-23-21-19-17-15-13-11-9-7-2/h8,10,14,16,20,22,26,28,32-33,35-36,38-39,41-42,70,72,77-78,82H,6-7,9,11-13,15,17-19,21,23-25,27,29-31,34,37,40,43-69,71,73-76H2,1-5H3,(H-,80,83,84,85)/b10-8-,16-14-,22-20-,28-26-,33-32-,36-35-,39-38-,42-41-,72-70+. The van der Waals surface area contributed by atoms with Gasteiger partial charge in [-0.2, -0.15) is 0 Å². The second-order valence-electron chi connectivity index (χ2n) is 26.3. The van der Waals surface area contributed by atoms with E-state index >= 15 is 0 Å². The second-order valence-corrected chi connectivity index (χ2v) is 27.7. The fraction of sp³-hybridized carbons (Fsp3) is 0.759. The van der Waals surface area contributed by atoms with E-state index in [0.717, 1.165) is 89.9 Å². The Labute approximate surface area is 546 Å². The van der Waals surface area contributed by atoms with E-state index in [0.29, 0.717) is 17.4 Å². The van der Waals surface area contributed by atoms with Crippen molar-refractivity contribution in [2.45, 2.75) is 347 Å². The number of aliphatic hydroxyl groups is 1. The van der Waals surface area contributed by atoms with Crippen molar-refractivity contribution in [2.24, 2.45) is 0 Å². The van der Waals surface area contributed by atoms with Gasteiger partial charge in [-0.3, -0.25) is 9.36 Å². The fourth-order valence-corrected chi connectivity index (χ4v) is 11.5. The van der Waals surface area contributed by atoms with E-state index in [-0.39, 0.29) is 19.1 Å². The summed E-state index contributed by atoms with van der Waals surface area (Å²) in [5.41, 5.74) is 0. The van der Waals surface area contributed by atoms with Crippen LogP contribution in [-0.2, 0) is 18.4 Å². The number of amides is 1. The van der Waals surface area contributed by atoms with Gasteiger partial charge in [-0.25, -0.2) is 0 Å². The van der Waals surface area contributed by atoms with Gasteiger partial charge in [0, 0.05) is 6.42 Å². The van der Waals surface area contributed by atoms with E-state index in [9.17, 15) is 19.4 Å². The summed E-state index contributed by atoms with van der Waals surface area (Å²) >= 11 is 0. The number of phosphoric ester groups is 1. The second kappa shape index (κ2) is 68.5. The lowest BCUT2D eigenvalue weighted by atomic mass is 10.0. The molecule has 2 N–H and O–H groups in total. The summed E-state index contributed by atoms with van der Waals surface area (Å²) < 4.78 is 23.5. The van der Waals surface area contributed by atoms with E-state index < -0.39 is 20.0 Å². The first-order valence-corrected chi connectivity index (χ1v) is 38.7. The third-order valence-corrected chi connectivity index (χ3v) is 17.5. The lowest BCUT2D eigenvalue weighted by Crippen LogP contribution is -2.45. The molecule has 0 aliphatic rings. The maximum atomic E-state index is 13.1. The van der Waals surface area contributed by atoms with Crippen LogP contribution in [-0.4, -0.2) is 68.5 Å². The molecule has 3 unspecified atom stereocenters. The largest absolute Gasteiger partial charge is 0.756 e. The normalized spacial score (nSPS) is 14.2. The Balaban J connectivity index is 4.02. The van der Waals surface area contributed by atoms with Crippen molar-refractivity contribution in [1.82, 2.24) is 5.32 Å². The molecule has 0 aromatic heterocycles. The maximum absolute atomic E-state index is 13.1. The van der Waals surface area contributed by atoms with Crippen molar-refractivity contribution >= 4 is 13.7 Å². The smallest absolute Gasteiger partial charge is 0.268 e. The van der Waals surface area contributed by atoms with Gasteiger partial charge in [-0.05, 0) is 83.5 Å². The van der Waals surface area contributed by atoms with Crippen molar-refractivity contribution in [3.05, 3.63) is 109 Å². The Morgan fingerprint density at radius 2 is 0.693 bits per heavy atom. The summed E-state index contributed by atoms with van der Waals surface area (Å²) in [7, 11) is 1.27. The molecule has 0 aliphatic carbocycles. The molecule has 0 saturated heterocycles. The highest BCUT2D eigenvalue weighted by Crippen LogP contribution is 2.38. The molecule has 9 heteroatoms. The summed E-state index contributed by atoms with van der Waals surface area (Å²) in [6.07, 6.45) is 101. The van der Waals surface area contributed by atoms with Crippen molar-refractivity contribution in [3.8, 4) is 0 Å². The molecule has 0 bridgehead atoms. The van der Waals surface area contributed by atoms with E-state index in [1.54, 1.807) is 6.08 Å². The molecule has 88 heavy (non-hydrogen) atoms. The minimum atomic E-state index is -4.61. The number of carbonyl (C=O) groups is 1. The first-order valence-electron chi connectivity index (χ1n) is 37.2. The van der Waals surface area contributed by atoms with Gasteiger partial charge in [-0.15, -0.1) is 0 Å². The predicted octanol–water partition coefficient (Wildman–Crippen LogP) is 23.6. The molecule has 0 spiro atoms. The van der Waals surface area contributed by atoms with Crippen molar-refractivity contribution in [3.63, 3.8) is 0 Å². The van der Waals surface area contributed by atoms with E-state index in [2.05, 4.69) is 116 Å². The Kier molecular flexibility index (Phi) is 66.3. The van der Waals surface area contributed by atoms with Crippen LogP contribution in [0.15, 0.2) is 109 Å². The van der Waals surface area contributed by atoms with Crippen LogP contribution in [0.1, 0.15) is 335 Å². The van der Waals surface area contributed by atoms with E-state index in [4.69, 9.17) is 9.05 Å². The zero-order valence-corrected chi connectivity index (χ0v) is 59.3. The first kappa shape index (κ1) is 85.2. The average Bonchev–Trinajstić information content (AvgIpc) is 3.71. The summed E-state index contributed by atoms with van der Waals surface area (Å²) in [4.78, 5) is 25.7. The van der Waals surface area contributed by atoms with Gasteiger partial charge in [0.1, 0.15) is 13.2 Å². The molecule has 0 rings (SSSR count). The summed E-state index contributed by atoms with van der Waals surface area (Å²) in [5, 5.41) is 14.0. The van der Waals surface area contributed by atoms with Gasteiger partial charge in [-0.1, -0.05) is 354 Å². The number of phosphoric acid groups is 1. The number of aliphatic hydroxyl groups excluding tert-OH is 1. The highest BCUT2D eigenvalue weighted by molar-refractivity contribution is 7.45. The molecule has 3 atom stereocenters. The molecular weight excluding hydrogens is 1100 g/mol. The average molecular weight is 1250 g/mol. The van der Waals surface area contributed by atoms with E-state index in [1.165, 1.54) is 225 Å². The first-order chi connectivity index (χ1) is 43.0. The molecule has 0 saturated carbocycles.